The van der Waals surface area contributed by atoms with Gasteiger partial charge in [0, 0.05) is 0 Å². The Balaban J connectivity index is 2.58. The molecule has 0 fully saturated rings. The lowest BCUT2D eigenvalue weighted by atomic mass is 10.0. The van der Waals surface area contributed by atoms with Gasteiger partial charge in [-0.1, -0.05) is 67.8 Å². The van der Waals surface area contributed by atoms with Crippen molar-refractivity contribution in [1.29, 1.82) is 0 Å². The van der Waals surface area contributed by atoms with E-state index in [-0.39, 0.29) is 0 Å². The van der Waals surface area contributed by atoms with Crippen molar-refractivity contribution in [2.24, 2.45) is 0 Å². The molecule has 0 atom stereocenters. The summed E-state index contributed by atoms with van der Waals surface area (Å²) in [6.45, 7) is 7.53. The predicted octanol–water partition coefficient (Wildman–Crippen LogP) is 4.60. The molecule has 0 aromatic heterocycles. The van der Waals surface area contributed by atoms with E-state index in [9.17, 15) is 0 Å². The molecule has 0 bridgehead atoms. The molecule has 0 aliphatic rings. The lowest BCUT2D eigenvalue weighted by Crippen LogP contribution is -1.81. The van der Waals surface area contributed by atoms with E-state index in [1.807, 2.05) is 12.2 Å². The average molecular weight is 206 g/mol. The second-order valence-corrected chi connectivity index (χ2v) is 3.62. The minimum Gasteiger partial charge on any atom is -0.0990 e. The quantitative estimate of drug-likeness (QED) is 0.644. The van der Waals surface area contributed by atoms with Crippen molar-refractivity contribution >= 4 is 16.3 Å². The molecule has 0 spiro atoms. The molecule has 0 aliphatic heterocycles. The summed E-state index contributed by atoms with van der Waals surface area (Å²) in [5, 5.41) is 2.50. The fourth-order valence-corrected chi connectivity index (χ4v) is 1.78. The first-order valence-electron chi connectivity index (χ1n) is 5.29. The van der Waals surface area contributed by atoms with Gasteiger partial charge in [0.25, 0.3) is 0 Å². The minimum absolute atomic E-state index is 1.10. The van der Waals surface area contributed by atoms with Crippen molar-refractivity contribution in [3.05, 3.63) is 79.4 Å². The highest BCUT2D eigenvalue weighted by Crippen LogP contribution is 2.21. The van der Waals surface area contributed by atoms with Crippen molar-refractivity contribution in [3.63, 3.8) is 0 Å². The van der Waals surface area contributed by atoms with Crippen molar-refractivity contribution in [2.45, 2.75) is 0 Å². The van der Waals surface area contributed by atoms with E-state index in [0.29, 0.717) is 0 Å². The van der Waals surface area contributed by atoms with Crippen LogP contribution in [0.1, 0.15) is 5.56 Å². The Morgan fingerprint density at radius 1 is 0.938 bits per heavy atom. The zero-order valence-electron chi connectivity index (χ0n) is 9.19. The molecule has 0 saturated heterocycles. The Morgan fingerprint density at radius 2 is 1.69 bits per heavy atom. The maximum absolute atomic E-state index is 3.82. The van der Waals surface area contributed by atoms with Crippen LogP contribution in [0.15, 0.2) is 73.9 Å². The van der Waals surface area contributed by atoms with Crippen LogP contribution in [-0.4, -0.2) is 0 Å². The topological polar surface area (TPSA) is 0 Å². The van der Waals surface area contributed by atoms with Gasteiger partial charge in [-0.3, -0.25) is 0 Å². The fraction of sp³-hybridized carbons (Fsp3) is 0. The molecular weight excluding hydrogens is 192 g/mol. The highest BCUT2D eigenvalue weighted by molar-refractivity contribution is 5.87. The van der Waals surface area contributed by atoms with Gasteiger partial charge in [-0.25, -0.2) is 0 Å². The van der Waals surface area contributed by atoms with E-state index in [4.69, 9.17) is 0 Å². The lowest BCUT2D eigenvalue weighted by molar-refractivity contribution is 1.67. The molecule has 2 rings (SSSR count). The van der Waals surface area contributed by atoms with Crippen LogP contribution >= 0.6 is 0 Å². The summed E-state index contributed by atoms with van der Waals surface area (Å²) in [6.07, 6.45) is 5.61. The standard InChI is InChI=1S/C16H14/c1-3-7-13(4-2)16-11-10-14-8-5-6-9-15(14)12-16/h3-12H,1-2H2/b13-7+. The largest absolute Gasteiger partial charge is 0.0990 e. The maximum atomic E-state index is 3.82. The average Bonchev–Trinajstić information content (AvgIpc) is 2.35. The van der Waals surface area contributed by atoms with E-state index < -0.39 is 0 Å². The van der Waals surface area contributed by atoms with E-state index in [1.54, 1.807) is 6.08 Å². The third-order valence-corrected chi connectivity index (χ3v) is 2.60. The molecule has 0 unspecified atom stereocenters. The van der Waals surface area contributed by atoms with Gasteiger partial charge < -0.3 is 0 Å². The molecule has 78 valence electrons. The third-order valence-electron chi connectivity index (χ3n) is 2.60. The molecule has 0 amide bonds. The highest BCUT2D eigenvalue weighted by Gasteiger charge is 1.98. The molecule has 0 heterocycles. The van der Waals surface area contributed by atoms with Gasteiger partial charge in [-0.05, 0) is 28.0 Å². The summed E-state index contributed by atoms with van der Waals surface area (Å²) in [5.74, 6) is 0. The summed E-state index contributed by atoms with van der Waals surface area (Å²) in [7, 11) is 0. The fourth-order valence-electron chi connectivity index (χ4n) is 1.78. The van der Waals surface area contributed by atoms with Crippen molar-refractivity contribution in [1.82, 2.24) is 0 Å². The highest BCUT2D eigenvalue weighted by atomic mass is 14.0. The van der Waals surface area contributed by atoms with Crippen LogP contribution in [0.2, 0.25) is 0 Å². The number of rotatable bonds is 3. The molecule has 2 aromatic rings. The van der Waals surface area contributed by atoms with Crippen LogP contribution in [0.5, 0.6) is 0 Å². The Labute approximate surface area is 96.2 Å². The summed E-state index contributed by atoms with van der Waals surface area (Å²) in [4.78, 5) is 0. The Morgan fingerprint density at radius 3 is 2.38 bits per heavy atom. The molecule has 0 aliphatic carbocycles. The van der Waals surface area contributed by atoms with Crippen LogP contribution in [0.4, 0.5) is 0 Å². The van der Waals surface area contributed by atoms with Gasteiger partial charge in [0.05, 0.1) is 0 Å². The first-order valence-corrected chi connectivity index (χ1v) is 5.29. The number of benzene rings is 2. The first-order chi connectivity index (χ1) is 7.85. The normalized spacial score (nSPS) is 11.4. The second-order valence-electron chi connectivity index (χ2n) is 3.62. The maximum Gasteiger partial charge on any atom is -0.0178 e. The summed E-state index contributed by atoms with van der Waals surface area (Å²) in [6, 6.07) is 14.8. The summed E-state index contributed by atoms with van der Waals surface area (Å²) in [5.41, 5.74) is 2.27. The summed E-state index contributed by atoms with van der Waals surface area (Å²) >= 11 is 0. The summed E-state index contributed by atoms with van der Waals surface area (Å²) < 4.78 is 0. The van der Waals surface area contributed by atoms with Crippen molar-refractivity contribution < 1.29 is 0 Å². The van der Waals surface area contributed by atoms with Crippen molar-refractivity contribution in [2.75, 3.05) is 0 Å². The first kappa shape index (κ1) is 10.4. The Bertz CT molecular complexity index is 559. The van der Waals surface area contributed by atoms with Gasteiger partial charge in [-0.15, -0.1) is 0 Å². The van der Waals surface area contributed by atoms with Crippen LogP contribution in [-0.2, 0) is 0 Å². The Kier molecular flexibility index (Phi) is 3.02. The molecule has 2 aromatic carbocycles. The monoisotopic (exact) mass is 206 g/mol. The SMILES string of the molecule is C=C/C=C(\C=C)c1ccc2ccccc2c1. The van der Waals surface area contributed by atoms with Gasteiger partial charge >= 0.3 is 0 Å². The Hall–Kier alpha value is -2.08. The van der Waals surface area contributed by atoms with Gasteiger partial charge in [0.15, 0.2) is 0 Å². The van der Waals surface area contributed by atoms with Crippen LogP contribution in [0.25, 0.3) is 16.3 Å². The van der Waals surface area contributed by atoms with E-state index in [1.165, 1.54) is 16.3 Å². The molecule has 16 heavy (non-hydrogen) atoms. The van der Waals surface area contributed by atoms with Crippen LogP contribution < -0.4 is 0 Å². The van der Waals surface area contributed by atoms with Crippen LogP contribution in [0, 0.1) is 0 Å². The third kappa shape index (κ3) is 1.96. The second kappa shape index (κ2) is 4.63. The number of hydrogen-bond acceptors (Lipinski definition) is 0. The number of hydrogen-bond donors (Lipinski definition) is 0. The molecule has 0 heteroatoms. The van der Waals surface area contributed by atoms with Crippen LogP contribution in [0.3, 0.4) is 0 Å². The molecule has 0 nitrogen and oxygen atoms in total. The zero-order chi connectivity index (χ0) is 11.4. The minimum atomic E-state index is 1.10. The molecule has 0 N–H and O–H groups in total. The molecule has 0 radical (unpaired) electrons. The molecule has 0 saturated carbocycles. The van der Waals surface area contributed by atoms with Gasteiger partial charge in [0.2, 0.25) is 0 Å². The smallest absolute Gasteiger partial charge is 0.0178 e. The zero-order valence-corrected chi connectivity index (χ0v) is 9.19. The van der Waals surface area contributed by atoms with Gasteiger partial charge in [0.1, 0.15) is 0 Å². The lowest BCUT2D eigenvalue weighted by Gasteiger charge is -2.04. The molecular formula is C16H14. The van der Waals surface area contributed by atoms with Crippen molar-refractivity contribution in [3.8, 4) is 0 Å². The number of allylic oxidation sites excluding steroid dienone is 4. The number of fused-ring (bicyclic) bond motifs is 1. The van der Waals surface area contributed by atoms with E-state index in [2.05, 4.69) is 55.6 Å². The van der Waals surface area contributed by atoms with Gasteiger partial charge in [-0.2, -0.15) is 0 Å². The predicted molar refractivity (Wildman–Crippen MR) is 72.3 cm³/mol. The van der Waals surface area contributed by atoms with E-state index in [0.717, 1.165) is 5.57 Å². The van der Waals surface area contributed by atoms with E-state index >= 15 is 0 Å².